The summed E-state index contributed by atoms with van der Waals surface area (Å²) < 4.78 is 15.5. The molecule has 0 bridgehead atoms. The van der Waals surface area contributed by atoms with Crippen molar-refractivity contribution in [2.24, 2.45) is 5.92 Å². The van der Waals surface area contributed by atoms with Gasteiger partial charge in [0.1, 0.15) is 12.1 Å². The third kappa shape index (κ3) is 9.20. The topological polar surface area (TPSA) is 111 Å². The molecular formula is C23H38N4O5. The van der Waals surface area contributed by atoms with Crippen molar-refractivity contribution < 1.29 is 23.8 Å². The van der Waals surface area contributed by atoms with Crippen molar-refractivity contribution in [3.63, 3.8) is 0 Å². The number of methoxy groups -OCH3 is 1. The highest BCUT2D eigenvalue weighted by Crippen LogP contribution is 2.28. The lowest BCUT2D eigenvalue weighted by Crippen LogP contribution is -2.41. The quantitative estimate of drug-likeness (QED) is 0.460. The van der Waals surface area contributed by atoms with Crippen LogP contribution in [0.3, 0.4) is 0 Å². The largest absolute Gasteiger partial charge is 0.481 e. The van der Waals surface area contributed by atoms with Crippen LogP contribution in [-0.2, 0) is 14.3 Å². The van der Waals surface area contributed by atoms with E-state index in [2.05, 4.69) is 20.9 Å². The Morgan fingerprint density at radius 1 is 1.12 bits per heavy atom. The maximum atomic E-state index is 12.0. The van der Waals surface area contributed by atoms with Crippen LogP contribution in [0.2, 0.25) is 0 Å². The number of alkyl carbamates (subject to hydrolysis) is 1. The highest BCUT2D eigenvalue weighted by molar-refractivity contribution is 5.77. The number of carbonyl (C=O) groups is 2. The van der Waals surface area contributed by atoms with E-state index in [0.717, 1.165) is 44.3 Å². The van der Waals surface area contributed by atoms with E-state index in [-0.39, 0.29) is 24.6 Å². The molecule has 3 N–H and O–H groups in total. The Labute approximate surface area is 191 Å². The fraction of sp³-hybridized carbons (Fsp3) is 0.696. The van der Waals surface area contributed by atoms with E-state index in [1.54, 1.807) is 20.1 Å². The zero-order valence-corrected chi connectivity index (χ0v) is 20.0. The lowest BCUT2D eigenvalue weighted by molar-refractivity contribution is -0.140. The first-order valence-corrected chi connectivity index (χ1v) is 11.4. The number of anilines is 2. The number of hydrogen-bond donors (Lipinski definition) is 3. The first-order chi connectivity index (χ1) is 15.2. The highest BCUT2D eigenvalue weighted by Gasteiger charge is 2.24. The number of carbonyl (C=O) groups excluding carboxylic acids is 2. The third-order valence-electron chi connectivity index (χ3n) is 5.22. The monoisotopic (exact) mass is 450 g/mol. The predicted molar refractivity (Wildman–Crippen MR) is 124 cm³/mol. The van der Waals surface area contributed by atoms with Crippen molar-refractivity contribution in [1.29, 1.82) is 0 Å². The average molecular weight is 451 g/mol. The van der Waals surface area contributed by atoms with Crippen molar-refractivity contribution in [2.75, 3.05) is 37.4 Å². The first-order valence-electron chi connectivity index (χ1n) is 11.4. The normalized spacial score (nSPS) is 18.4. The Bertz CT molecular complexity index is 742. The molecule has 1 aromatic rings. The molecule has 0 atom stereocenters. The van der Waals surface area contributed by atoms with E-state index in [1.165, 1.54) is 0 Å². The number of ether oxygens (including phenoxy) is 3. The van der Waals surface area contributed by atoms with Crippen molar-refractivity contribution in [1.82, 2.24) is 10.3 Å². The number of amides is 1. The number of hydrogen-bond acceptors (Lipinski definition) is 8. The van der Waals surface area contributed by atoms with Gasteiger partial charge < -0.3 is 30.2 Å². The van der Waals surface area contributed by atoms with E-state index in [0.29, 0.717) is 24.2 Å². The molecule has 1 heterocycles. The molecule has 0 aromatic carbocycles. The van der Waals surface area contributed by atoms with Crippen LogP contribution in [0, 0.1) is 5.92 Å². The Balaban J connectivity index is 1.78. The molecule has 0 aliphatic heterocycles. The average Bonchev–Trinajstić information content (AvgIpc) is 2.72. The summed E-state index contributed by atoms with van der Waals surface area (Å²) in [5.74, 6) is 1.42. The number of aromatic nitrogens is 1. The van der Waals surface area contributed by atoms with Gasteiger partial charge in [0.15, 0.2) is 5.82 Å². The van der Waals surface area contributed by atoms with Gasteiger partial charge in [0.25, 0.3) is 0 Å². The van der Waals surface area contributed by atoms with Gasteiger partial charge in [0.2, 0.25) is 5.88 Å². The van der Waals surface area contributed by atoms with Crippen molar-refractivity contribution in [3.05, 3.63) is 12.1 Å². The lowest BCUT2D eigenvalue weighted by Gasteiger charge is -2.30. The fourth-order valence-corrected chi connectivity index (χ4v) is 3.68. The van der Waals surface area contributed by atoms with E-state index in [4.69, 9.17) is 14.2 Å². The molecule has 1 saturated carbocycles. The predicted octanol–water partition coefficient (Wildman–Crippen LogP) is 3.95. The molecular weight excluding hydrogens is 412 g/mol. The van der Waals surface area contributed by atoms with Gasteiger partial charge >= 0.3 is 12.1 Å². The Kier molecular flexibility index (Phi) is 9.87. The molecule has 1 aromatic heterocycles. The summed E-state index contributed by atoms with van der Waals surface area (Å²) in [6.45, 7) is 8.56. The van der Waals surface area contributed by atoms with Crippen LogP contribution in [0.4, 0.5) is 16.3 Å². The van der Waals surface area contributed by atoms with Crippen LogP contribution < -0.4 is 20.7 Å². The summed E-state index contributed by atoms with van der Waals surface area (Å²) in [6, 6.07) is 3.76. The molecule has 180 valence electrons. The number of nitrogens with zero attached hydrogens (tertiary/aromatic N) is 1. The zero-order chi connectivity index (χ0) is 23.6. The molecule has 9 nitrogen and oxygen atoms in total. The molecule has 1 fully saturated rings. The van der Waals surface area contributed by atoms with Gasteiger partial charge in [0.05, 0.1) is 19.4 Å². The third-order valence-corrected chi connectivity index (χ3v) is 5.22. The number of nitrogens with one attached hydrogen (secondary N) is 3. The number of pyridine rings is 1. The first kappa shape index (κ1) is 25.5. The van der Waals surface area contributed by atoms with Crippen LogP contribution in [0.5, 0.6) is 5.88 Å². The minimum Gasteiger partial charge on any atom is -0.481 e. The number of esters is 1. The van der Waals surface area contributed by atoms with Gasteiger partial charge in [-0.1, -0.05) is 0 Å². The Morgan fingerprint density at radius 3 is 2.47 bits per heavy atom. The zero-order valence-electron chi connectivity index (χ0n) is 20.0. The molecule has 9 heteroatoms. The molecule has 32 heavy (non-hydrogen) atoms. The van der Waals surface area contributed by atoms with Crippen LogP contribution in [0.25, 0.3) is 0 Å². The summed E-state index contributed by atoms with van der Waals surface area (Å²) in [7, 11) is 1.57. The van der Waals surface area contributed by atoms with Gasteiger partial charge in [-0.15, -0.1) is 0 Å². The maximum absolute atomic E-state index is 12.0. The van der Waals surface area contributed by atoms with Crippen molar-refractivity contribution in [2.45, 2.75) is 71.4 Å². The summed E-state index contributed by atoms with van der Waals surface area (Å²) in [6.07, 6.45) is 4.68. The van der Waals surface area contributed by atoms with Crippen molar-refractivity contribution >= 4 is 23.6 Å². The fourth-order valence-electron chi connectivity index (χ4n) is 3.68. The molecule has 1 aliphatic rings. The summed E-state index contributed by atoms with van der Waals surface area (Å²) in [5.41, 5.74) is 0.245. The van der Waals surface area contributed by atoms with Gasteiger partial charge in [-0.2, -0.15) is 4.98 Å². The standard InChI is InChI=1S/C23H38N4O5/c1-6-31-20(28)15-25-18-11-12-19(30-5)27-21(18)24-14-13-16-7-9-17(10-8-16)26-22(29)32-23(2,3)4/h11-12,16-17,25H,6-10,13-15H2,1-5H3,(H,24,27)(H,26,29). The minimum absolute atomic E-state index is 0.0746. The minimum atomic E-state index is -0.481. The van der Waals surface area contributed by atoms with Crippen LogP contribution in [0.1, 0.15) is 59.8 Å². The molecule has 2 rings (SSSR count). The molecule has 1 amide bonds. The summed E-state index contributed by atoms with van der Waals surface area (Å²) >= 11 is 0. The smallest absolute Gasteiger partial charge is 0.407 e. The van der Waals surface area contributed by atoms with Crippen LogP contribution in [0.15, 0.2) is 12.1 Å². The van der Waals surface area contributed by atoms with Gasteiger partial charge in [-0.3, -0.25) is 4.79 Å². The maximum Gasteiger partial charge on any atom is 0.407 e. The molecule has 1 aliphatic carbocycles. The van der Waals surface area contributed by atoms with Gasteiger partial charge in [-0.05, 0) is 71.8 Å². The highest BCUT2D eigenvalue weighted by atomic mass is 16.6. The summed E-state index contributed by atoms with van der Waals surface area (Å²) in [4.78, 5) is 28.1. The Morgan fingerprint density at radius 2 is 1.84 bits per heavy atom. The van der Waals surface area contributed by atoms with E-state index >= 15 is 0 Å². The Hall–Kier alpha value is -2.71. The molecule has 0 unspecified atom stereocenters. The van der Waals surface area contributed by atoms with E-state index in [9.17, 15) is 9.59 Å². The van der Waals surface area contributed by atoms with Crippen molar-refractivity contribution in [3.8, 4) is 5.88 Å². The number of rotatable bonds is 10. The van der Waals surface area contributed by atoms with Crippen LogP contribution in [-0.4, -0.2) is 55.5 Å². The lowest BCUT2D eigenvalue weighted by atomic mass is 9.84. The second-order valence-corrected chi connectivity index (χ2v) is 8.99. The molecule has 0 saturated heterocycles. The SMILES string of the molecule is CCOC(=O)CNc1ccc(OC)nc1NCCC1CCC(NC(=O)OC(C)(C)C)CC1. The van der Waals surface area contributed by atoms with E-state index in [1.807, 2.05) is 26.8 Å². The molecule has 0 radical (unpaired) electrons. The van der Waals surface area contributed by atoms with E-state index < -0.39 is 5.60 Å². The second-order valence-electron chi connectivity index (χ2n) is 8.99. The van der Waals surface area contributed by atoms with Gasteiger partial charge in [-0.25, -0.2) is 4.79 Å². The van der Waals surface area contributed by atoms with Crippen LogP contribution >= 0.6 is 0 Å². The van der Waals surface area contributed by atoms with Gasteiger partial charge in [0, 0.05) is 18.7 Å². The second kappa shape index (κ2) is 12.4. The summed E-state index contributed by atoms with van der Waals surface area (Å²) in [5, 5.41) is 9.42. The molecule has 0 spiro atoms.